The van der Waals surface area contributed by atoms with Crippen molar-refractivity contribution >= 4 is 5.91 Å². The van der Waals surface area contributed by atoms with Crippen LogP contribution in [0.4, 0.5) is 0 Å². The Hall–Kier alpha value is -1.55. The Bertz CT molecular complexity index is 414. The average Bonchev–Trinajstić information content (AvgIpc) is 2.47. The van der Waals surface area contributed by atoms with Gasteiger partial charge in [-0.2, -0.15) is 0 Å². The highest BCUT2D eigenvalue weighted by atomic mass is 16.5. The minimum Gasteiger partial charge on any atom is -0.497 e. The van der Waals surface area contributed by atoms with E-state index in [0.717, 1.165) is 25.1 Å². The highest BCUT2D eigenvalue weighted by Gasteiger charge is 2.24. The van der Waals surface area contributed by atoms with Crippen LogP contribution in [-0.4, -0.2) is 43.7 Å². The van der Waals surface area contributed by atoms with Gasteiger partial charge in [-0.05, 0) is 44.0 Å². The van der Waals surface area contributed by atoms with E-state index in [0.29, 0.717) is 18.7 Å². The number of likely N-dealkylation sites (tertiary alicyclic amines) is 1. The molecule has 1 heterocycles. The lowest BCUT2D eigenvalue weighted by Crippen LogP contribution is -2.43. The maximum atomic E-state index is 12.4. The van der Waals surface area contributed by atoms with E-state index in [9.17, 15) is 4.79 Å². The topological polar surface area (TPSA) is 38.8 Å². The quantitative estimate of drug-likeness (QED) is 0.837. The Kier molecular flexibility index (Phi) is 4.80. The van der Waals surface area contributed by atoms with Gasteiger partial charge in [0.2, 0.25) is 0 Å². The van der Waals surface area contributed by atoms with Gasteiger partial charge in [-0.15, -0.1) is 0 Å². The molecule has 0 spiro atoms. The summed E-state index contributed by atoms with van der Waals surface area (Å²) in [7, 11) is 1.62. The Labute approximate surface area is 114 Å². The van der Waals surface area contributed by atoms with E-state index in [1.54, 1.807) is 7.11 Å². The number of hydrogen-bond donors (Lipinski definition) is 0. The molecule has 2 rings (SSSR count). The fraction of sp³-hybridized carbons (Fsp3) is 0.533. The van der Waals surface area contributed by atoms with Crippen molar-refractivity contribution in [2.24, 2.45) is 0 Å². The van der Waals surface area contributed by atoms with Crippen LogP contribution in [0.15, 0.2) is 24.3 Å². The smallest absolute Gasteiger partial charge is 0.253 e. The summed E-state index contributed by atoms with van der Waals surface area (Å²) in [6, 6.07) is 7.26. The van der Waals surface area contributed by atoms with Gasteiger partial charge in [0.1, 0.15) is 5.75 Å². The van der Waals surface area contributed by atoms with Gasteiger partial charge in [0.25, 0.3) is 5.91 Å². The van der Waals surface area contributed by atoms with E-state index < -0.39 is 0 Å². The van der Waals surface area contributed by atoms with Crippen LogP contribution in [0.2, 0.25) is 0 Å². The number of amides is 1. The zero-order valence-corrected chi connectivity index (χ0v) is 11.6. The molecule has 1 fully saturated rings. The van der Waals surface area contributed by atoms with Crippen molar-refractivity contribution in [3.05, 3.63) is 29.8 Å². The SMILES string of the molecule is CCOC1CCCN(C(=O)c2ccc(OC)cc2)C1. The van der Waals surface area contributed by atoms with E-state index in [1.807, 2.05) is 36.1 Å². The van der Waals surface area contributed by atoms with Crippen LogP contribution in [0, 0.1) is 0 Å². The van der Waals surface area contributed by atoms with Gasteiger partial charge in [-0.3, -0.25) is 4.79 Å². The first-order valence-corrected chi connectivity index (χ1v) is 6.79. The molecule has 0 saturated carbocycles. The summed E-state index contributed by atoms with van der Waals surface area (Å²) in [4.78, 5) is 14.3. The van der Waals surface area contributed by atoms with Crippen LogP contribution >= 0.6 is 0 Å². The fourth-order valence-corrected chi connectivity index (χ4v) is 2.41. The van der Waals surface area contributed by atoms with E-state index in [-0.39, 0.29) is 12.0 Å². The van der Waals surface area contributed by atoms with Crippen molar-refractivity contribution < 1.29 is 14.3 Å². The third-order valence-electron chi connectivity index (χ3n) is 3.40. The molecule has 1 aliphatic rings. The maximum absolute atomic E-state index is 12.4. The molecule has 4 heteroatoms. The van der Waals surface area contributed by atoms with Crippen LogP contribution in [0.25, 0.3) is 0 Å². The summed E-state index contributed by atoms with van der Waals surface area (Å²) in [5.74, 6) is 0.842. The molecule has 1 atom stereocenters. The minimum atomic E-state index is 0.0760. The number of methoxy groups -OCH3 is 1. The predicted octanol–water partition coefficient (Wildman–Crippen LogP) is 2.34. The Morgan fingerprint density at radius 2 is 2.11 bits per heavy atom. The van der Waals surface area contributed by atoms with Gasteiger partial charge >= 0.3 is 0 Å². The molecule has 4 nitrogen and oxygen atoms in total. The van der Waals surface area contributed by atoms with Crippen LogP contribution in [0.5, 0.6) is 5.75 Å². The summed E-state index contributed by atoms with van der Waals surface area (Å²) in [6.07, 6.45) is 2.23. The number of rotatable bonds is 4. The number of nitrogens with zero attached hydrogens (tertiary/aromatic N) is 1. The number of piperidine rings is 1. The lowest BCUT2D eigenvalue weighted by atomic mass is 10.1. The zero-order chi connectivity index (χ0) is 13.7. The molecule has 0 bridgehead atoms. The second kappa shape index (κ2) is 6.57. The van der Waals surface area contributed by atoms with E-state index in [1.165, 1.54) is 0 Å². The van der Waals surface area contributed by atoms with Crippen molar-refractivity contribution in [1.82, 2.24) is 4.90 Å². The van der Waals surface area contributed by atoms with Gasteiger partial charge in [-0.25, -0.2) is 0 Å². The summed E-state index contributed by atoms with van der Waals surface area (Å²) >= 11 is 0. The molecule has 1 unspecified atom stereocenters. The molecule has 1 aromatic carbocycles. The summed E-state index contributed by atoms with van der Waals surface area (Å²) in [6.45, 7) is 4.20. The van der Waals surface area contributed by atoms with Gasteiger partial charge in [0, 0.05) is 25.3 Å². The Morgan fingerprint density at radius 1 is 1.37 bits per heavy atom. The van der Waals surface area contributed by atoms with Crippen molar-refractivity contribution in [2.75, 3.05) is 26.8 Å². The number of carbonyl (C=O) groups excluding carboxylic acids is 1. The van der Waals surface area contributed by atoms with Crippen LogP contribution in [-0.2, 0) is 4.74 Å². The molecule has 1 aromatic rings. The molecule has 0 N–H and O–H groups in total. The number of hydrogen-bond acceptors (Lipinski definition) is 3. The monoisotopic (exact) mass is 263 g/mol. The molecule has 0 radical (unpaired) electrons. The molecule has 0 aliphatic carbocycles. The van der Waals surface area contributed by atoms with Crippen molar-refractivity contribution in [3.8, 4) is 5.75 Å². The lowest BCUT2D eigenvalue weighted by Gasteiger charge is -2.32. The molecule has 1 amide bonds. The van der Waals surface area contributed by atoms with E-state index in [2.05, 4.69) is 0 Å². The van der Waals surface area contributed by atoms with Crippen molar-refractivity contribution in [1.29, 1.82) is 0 Å². The van der Waals surface area contributed by atoms with Crippen LogP contribution in [0.1, 0.15) is 30.1 Å². The second-order valence-corrected chi connectivity index (χ2v) is 4.70. The highest BCUT2D eigenvalue weighted by molar-refractivity contribution is 5.94. The standard InChI is InChI=1S/C15H21NO3/c1-3-19-14-5-4-10-16(11-14)15(17)12-6-8-13(18-2)9-7-12/h6-9,14H,3-5,10-11H2,1-2H3. The Balaban J connectivity index is 2.01. The summed E-state index contributed by atoms with van der Waals surface area (Å²) in [5.41, 5.74) is 0.706. The number of benzene rings is 1. The van der Waals surface area contributed by atoms with Gasteiger partial charge in [-0.1, -0.05) is 0 Å². The molecule has 19 heavy (non-hydrogen) atoms. The normalized spacial score (nSPS) is 19.3. The third kappa shape index (κ3) is 3.47. The van der Waals surface area contributed by atoms with Crippen LogP contribution < -0.4 is 4.74 Å². The third-order valence-corrected chi connectivity index (χ3v) is 3.40. The van der Waals surface area contributed by atoms with Crippen molar-refractivity contribution in [2.45, 2.75) is 25.9 Å². The molecular formula is C15H21NO3. The van der Waals surface area contributed by atoms with Gasteiger partial charge in [0.15, 0.2) is 0 Å². The van der Waals surface area contributed by atoms with Gasteiger partial charge in [0.05, 0.1) is 13.2 Å². The largest absolute Gasteiger partial charge is 0.497 e. The van der Waals surface area contributed by atoms with Crippen LogP contribution in [0.3, 0.4) is 0 Å². The van der Waals surface area contributed by atoms with Crippen molar-refractivity contribution in [3.63, 3.8) is 0 Å². The highest BCUT2D eigenvalue weighted by Crippen LogP contribution is 2.18. The first kappa shape index (κ1) is 13.9. The zero-order valence-electron chi connectivity index (χ0n) is 11.6. The molecule has 104 valence electrons. The number of carbonyl (C=O) groups is 1. The first-order chi connectivity index (χ1) is 9.24. The Morgan fingerprint density at radius 3 is 2.74 bits per heavy atom. The maximum Gasteiger partial charge on any atom is 0.253 e. The predicted molar refractivity (Wildman–Crippen MR) is 73.5 cm³/mol. The molecule has 0 aromatic heterocycles. The molecule has 1 aliphatic heterocycles. The summed E-state index contributed by atoms with van der Waals surface area (Å²) < 4.78 is 10.7. The minimum absolute atomic E-state index is 0.0760. The first-order valence-electron chi connectivity index (χ1n) is 6.79. The van der Waals surface area contributed by atoms with E-state index in [4.69, 9.17) is 9.47 Å². The number of ether oxygens (including phenoxy) is 2. The molecule has 1 saturated heterocycles. The van der Waals surface area contributed by atoms with Gasteiger partial charge < -0.3 is 14.4 Å². The second-order valence-electron chi connectivity index (χ2n) is 4.70. The fourth-order valence-electron chi connectivity index (χ4n) is 2.41. The lowest BCUT2D eigenvalue weighted by molar-refractivity contribution is 0.00724. The average molecular weight is 263 g/mol. The summed E-state index contributed by atoms with van der Waals surface area (Å²) in [5, 5.41) is 0. The molecular weight excluding hydrogens is 242 g/mol. The van der Waals surface area contributed by atoms with E-state index >= 15 is 0 Å².